The zero-order chi connectivity index (χ0) is 11.1. The first kappa shape index (κ1) is 12.9. The van der Waals surface area contributed by atoms with Gasteiger partial charge in [-0.3, -0.25) is 0 Å². The Morgan fingerprint density at radius 2 is 2.13 bits per heavy atom. The molecule has 1 aromatic rings. The monoisotopic (exact) mass is 247 g/mol. The lowest BCUT2D eigenvalue weighted by atomic mass is 10.4. The SMILES string of the molecule is CCCn1c(CO)nnc1SCCSC. The van der Waals surface area contributed by atoms with Crippen molar-refractivity contribution in [3.05, 3.63) is 5.82 Å². The van der Waals surface area contributed by atoms with Crippen LogP contribution in [0.2, 0.25) is 0 Å². The molecule has 0 amide bonds. The van der Waals surface area contributed by atoms with E-state index in [-0.39, 0.29) is 6.61 Å². The van der Waals surface area contributed by atoms with Crippen molar-refractivity contribution in [2.45, 2.75) is 31.7 Å². The Kier molecular flexibility index (Phi) is 6.12. The second kappa shape index (κ2) is 7.14. The summed E-state index contributed by atoms with van der Waals surface area (Å²) >= 11 is 3.53. The van der Waals surface area contributed by atoms with Gasteiger partial charge in [0.15, 0.2) is 11.0 Å². The van der Waals surface area contributed by atoms with E-state index < -0.39 is 0 Å². The van der Waals surface area contributed by atoms with Crippen molar-refractivity contribution in [2.24, 2.45) is 0 Å². The lowest BCUT2D eigenvalue weighted by Crippen LogP contribution is -2.05. The van der Waals surface area contributed by atoms with Crippen molar-refractivity contribution < 1.29 is 5.11 Å². The van der Waals surface area contributed by atoms with Gasteiger partial charge in [-0.2, -0.15) is 11.8 Å². The number of aliphatic hydroxyl groups excluding tert-OH is 1. The molecule has 0 aliphatic heterocycles. The largest absolute Gasteiger partial charge is 0.388 e. The van der Waals surface area contributed by atoms with Crippen LogP contribution in [-0.4, -0.2) is 37.6 Å². The van der Waals surface area contributed by atoms with Gasteiger partial charge in [-0.15, -0.1) is 10.2 Å². The van der Waals surface area contributed by atoms with Crippen molar-refractivity contribution in [1.82, 2.24) is 14.8 Å². The molecule has 0 saturated carbocycles. The first-order valence-electron chi connectivity index (χ1n) is 4.98. The molecular weight excluding hydrogens is 230 g/mol. The van der Waals surface area contributed by atoms with Crippen molar-refractivity contribution in [1.29, 1.82) is 0 Å². The van der Waals surface area contributed by atoms with E-state index in [1.807, 2.05) is 16.3 Å². The minimum atomic E-state index is -0.0317. The summed E-state index contributed by atoms with van der Waals surface area (Å²) in [6.07, 6.45) is 3.12. The van der Waals surface area contributed by atoms with Crippen LogP contribution in [0.15, 0.2) is 5.16 Å². The average Bonchev–Trinajstić information content (AvgIpc) is 2.62. The molecule has 1 rings (SSSR count). The minimum Gasteiger partial charge on any atom is -0.388 e. The molecule has 0 aliphatic carbocycles. The Hall–Kier alpha value is -0.200. The van der Waals surface area contributed by atoms with E-state index >= 15 is 0 Å². The van der Waals surface area contributed by atoms with Gasteiger partial charge >= 0.3 is 0 Å². The van der Waals surface area contributed by atoms with Crippen LogP contribution < -0.4 is 0 Å². The van der Waals surface area contributed by atoms with Crippen molar-refractivity contribution in [3.8, 4) is 0 Å². The molecule has 86 valence electrons. The molecule has 1 heterocycles. The van der Waals surface area contributed by atoms with Crippen LogP contribution >= 0.6 is 23.5 Å². The number of hydrogen-bond donors (Lipinski definition) is 1. The van der Waals surface area contributed by atoms with E-state index in [0.29, 0.717) is 5.82 Å². The fourth-order valence-electron chi connectivity index (χ4n) is 1.21. The first-order valence-corrected chi connectivity index (χ1v) is 7.36. The third kappa shape index (κ3) is 3.70. The molecule has 0 aromatic carbocycles. The quantitative estimate of drug-likeness (QED) is 0.586. The predicted octanol–water partition coefficient (Wildman–Crippen LogP) is 1.64. The summed E-state index contributed by atoms with van der Waals surface area (Å²) in [7, 11) is 0. The number of hydrogen-bond acceptors (Lipinski definition) is 5. The van der Waals surface area contributed by atoms with E-state index in [9.17, 15) is 0 Å². The topological polar surface area (TPSA) is 50.9 Å². The van der Waals surface area contributed by atoms with Crippen LogP contribution in [0, 0.1) is 0 Å². The number of aliphatic hydroxyl groups is 1. The Balaban J connectivity index is 2.64. The number of rotatable bonds is 7. The lowest BCUT2D eigenvalue weighted by molar-refractivity contribution is 0.263. The number of thioether (sulfide) groups is 2. The van der Waals surface area contributed by atoms with Gasteiger partial charge in [0.25, 0.3) is 0 Å². The summed E-state index contributed by atoms with van der Waals surface area (Å²) in [4.78, 5) is 0. The van der Waals surface area contributed by atoms with Gasteiger partial charge in [-0.05, 0) is 12.7 Å². The zero-order valence-corrected chi connectivity index (χ0v) is 10.8. The van der Waals surface area contributed by atoms with Crippen LogP contribution in [0.25, 0.3) is 0 Å². The summed E-state index contributed by atoms with van der Waals surface area (Å²) in [6.45, 7) is 2.96. The summed E-state index contributed by atoms with van der Waals surface area (Å²) < 4.78 is 2.00. The zero-order valence-electron chi connectivity index (χ0n) is 9.14. The summed E-state index contributed by atoms with van der Waals surface area (Å²) in [5, 5.41) is 18.1. The highest BCUT2D eigenvalue weighted by Gasteiger charge is 2.10. The maximum atomic E-state index is 9.09. The summed E-state index contributed by atoms with van der Waals surface area (Å²) in [6, 6.07) is 0. The molecule has 0 aliphatic rings. The third-order valence-corrected chi connectivity index (χ3v) is 3.74. The maximum Gasteiger partial charge on any atom is 0.191 e. The molecule has 4 nitrogen and oxygen atoms in total. The summed E-state index contributed by atoms with van der Waals surface area (Å²) in [5.41, 5.74) is 0. The molecule has 15 heavy (non-hydrogen) atoms. The molecular formula is C9H17N3OS2. The highest BCUT2D eigenvalue weighted by atomic mass is 32.2. The van der Waals surface area contributed by atoms with Crippen LogP contribution in [0.4, 0.5) is 0 Å². The van der Waals surface area contributed by atoms with E-state index in [1.54, 1.807) is 11.8 Å². The fraction of sp³-hybridized carbons (Fsp3) is 0.778. The molecule has 0 fully saturated rings. The molecule has 0 atom stereocenters. The number of aromatic nitrogens is 3. The smallest absolute Gasteiger partial charge is 0.191 e. The van der Waals surface area contributed by atoms with Crippen LogP contribution in [0.5, 0.6) is 0 Å². The van der Waals surface area contributed by atoms with Gasteiger partial charge in [-0.1, -0.05) is 18.7 Å². The maximum absolute atomic E-state index is 9.09. The fourth-order valence-corrected chi connectivity index (χ4v) is 2.84. The second-order valence-electron chi connectivity index (χ2n) is 3.05. The van der Waals surface area contributed by atoms with Gasteiger partial charge in [0.2, 0.25) is 0 Å². The summed E-state index contributed by atoms with van der Waals surface area (Å²) in [5.74, 6) is 2.82. The Labute approximate surface area is 98.9 Å². The van der Waals surface area contributed by atoms with Crippen molar-refractivity contribution in [3.63, 3.8) is 0 Å². The molecule has 0 bridgehead atoms. The van der Waals surface area contributed by atoms with E-state index in [2.05, 4.69) is 23.4 Å². The van der Waals surface area contributed by atoms with Crippen molar-refractivity contribution >= 4 is 23.5 Å². The van der Waals surface area contributed by atoms with Crippen molar-refractivity contribution in [2.75, 3.05) is 17.8 Å². The van der Waals surface area contributed by atoms with Crippen LogP contribution in [-0.2, 0) is 13.2 Å². The van der Waals surface area contributed by atoms with Gasteiger partial charge in [0.1, 0.15) is 6.61 Å². The first-order chi connectivity index (χ1) is 7.33. The van der Waals surface area contributed by atoms with Gasteiger partial charge in [0.05, 0.1) is 0 Å². The highest BCUT2D eigenvalue weighted by molar-refractivity contribution is 8.02. The Bertz CT molecular complexity index is 291. The van der Waals surface area contributed by atoms with Crippen LogP contribution in [0.1, 0.15) is 19.2 Å². The molecule has 0 spiro atoms. The Morgan fingerprint density at radius 1 is 1.33 bits per heavy atom. The van der Waals surface area contributed by atoms with E-state index in [4.69, 9.17) is 5.11 Å². The molecule has 0 radical (unpaired) electrons. The highest BCUT2D eigenvalue weighted by Crippen LogP contribution is 2.18. The van der Waals surface area contributed by atoms with Gasteiger partial charge in [-0.25, -0.2) is 0 Å². The molecule has 1 N–H and O–H groups in total. The van der Waals surface area contributed by atoms with E-state index in [0.717, 1.165) is 29.6 Å². The number of nitrogens with zero attached hydrogens (tertiary/aromatic N) is 3. The second-order valence-corrected chi connectivity index (χ2v) is 5.10. The van der Waals surface area contributed by atoms with Gasteiger partial charge in [0, 0.05) is 18.1 Å². The third-order valence-electron chi connectivity index (χ3n) is 1.90. The normalized spacial score (nSPS) is 10.9. The predicted molar refractivity (Wildman–Crippen MR) is 65.3 cm³/mol. The molecule has 6 heteroatoms. The average molecular weight is 247 g/mol. The Morgan fingerprint density at radius 3 is 2.73 bits per heavy atom. The van der Waals surface area contributed by atoms with Gasteiger partial charge < -0.3 is 9.67 Å². The van der Waals surface area contributed by atoms with Crippen LogP contribution in [0.3, 0.4) is 0 Å². The van der Waals surface area contributed by atoms with E-state index in [1.165, 1.54) is 0 Å². The lowest BCUT2D eigenvalue weighted by Gasteiger charge is -2.06. The molecule has 0 saturated heterocycles. The molecule has 0 unspecified atom stereocenters. The molecule has 1 aromatic heterocycles. The minimum absolute atomic E-state index is 0.0317. The standard InChI is InChI=1S/C9H17N3OS2/c1-3-4-12-8(7-13)10-11-9(12)15-6-5-14-2/h13H,3-7H2,1-2H3.